The van der Waals surface area contributed by atoms with Gasteiger partial charge in [0, 0.05) is 11.6 Å². The van der Waals surface area contributed by atoms with Crippen molar-refractivity contribution in [2.45, 2.75) is 17.9 Å². The third-order valence-electron chi connectivity index (χ3n) is 3.21. The highest BCUT2D eigenvalue weighted by molar-refractivity contribution is 7.89. The van der Waals surface area contributed by atoms with Crippen molar-refractivity contribution in [3.8, 4) is 11.8 Å². The van der Waals surface area contributed by atoms with Crippen LogP contribution in [0, 0.1) is 11.3 Å². The van der Waals surface area contributed by atoms with E-state index in [4.69, 9.17) is 10.00 Å². The lowest BCUT2D eigenvalue weighted by Gasteiger charge is -2.17. The fourth-order valence-corrected chi connectivity index (χ4v) is 3.39. The zero-order chi connectivity index (χ0) is 16.2. The number of sulfonamides is 1. The van der Waals surface area contributed by atoms with Gasteiger partial charge in [-0.05, 0) is 31.2 Å². The molecule has 0 saturated carbocycles. The maximum Gasteiger partial charge on any atom is 0.241 e. The van der Waals surface area contributed by atoms with E-state index in [-0.39, 0.29) is 4.90 Å². The molecule has 2 rings (SSSR count). The van der Waals surface area contributed by atoms with Crippen molar-refractivity contribution in [3.05, 3.63) is 59.7 Å². The highest BCUT2D eigenvalue weighted by atomic mass is 32.2. The summed E-state index contributed by atoms with van der Waals surface area (Å²) in [7, 11) is -2.18. The Morgan fingerprint density at radius 3 is 2.59 bits per heavy atom. The van der Waals surface area contributed by atoms with Crippen molar-refractivity contribution in [1.29, 1.82) is 5.26 Å². The second-order valence-electron chi connectivity index (χ2n) is 4.72. The molecule has 0 amide bonds. The molecule has 0 aromatic heterocycles. The Bertz CT molecular complexity index is 810. The van der Waals surface area contributed by atoms with E-state index in [0.29, 0.717) is 11.3 Å². The Labute approximate surface area is 130 Å². The number of nitriles is 1. The number of benzene rings is 2. The molecule has 0 aliphatic rings. The molecule has 0 unspecified atom stereocenters. The lowest BCUT2D eigenvalue weighted by Crippen LogP contribution is -2.27. The van der Waals surface area contributed by atoms with Crippen LogP contribution < -0.4 is 9.46 Å². The number of nitrogens with one attached hydrogen (secondary N) is 1. The number of hydrogen-bond acceptors (Lipinski definition) is 4. The normalized spacial score (nSPS) is 12.4. The number of hydrogen-bond donors (Lipinski definition) is 1. The minimum Gasteiger partial charge on any atom is -0.496 e. The first kappa shape index (κ1) is 16.0. The molecule has 0 bridgehead atoms. The summed E-state index contributed by atoms with van der Waals surface area (Å²) in [5.41, 5.74) is 1.04. The van der Waals surface area contributed by atoms with E-state index in [1.165, 1.54) is 19.2 Å². The van der Waals surface area contributed by atoms with Crippen LogP contribution in [0.15, 0.2) is 53.4 Å². The summed E-state index contributed by atoms with van der Waals surface area (Å²) in [6.45, 7) is 1.74. The molecule has 0 spiro atoms. The summed E-state index contributed by atoms with van der Waals surface area (Å²) in [4.78, 5) is 0.0632. The number of rotatable bonds is 5. The van der Waals surface area contributed by atoms with Gasteiger partial charge in [-0.3, -0.25) is 0 Å². The Morgan fingerprint density at radius 2 is 1.91 bits per heavy atom. The summed E-state index contributed by atoms with van der Waals surface area (Å²) in [6, 6.07) is 14.6. The minimum absolute atomic E-state index is 0.0632. The smallest absolute Gasteiger partial charge is 0.241 e. The van der Waals surface area contributed by atoms with E-state index in [9.17, 15) is 8.42 Å². The van der Waals surface area contributed by atoms with E-state index in [1.54, 1.807) is 31.2 Å². The second-order valence-corrected chi connectivity index (χ2v) is 6.44. The average Bonchev–Trinajstić information content (AvgIpc) is 2.54. The van der Waals surface area contributed by atoms with Gasteiger partial charge in [-0.2, -0.15) is 5.26 Å². The van der Waals surface area contributed by atoms with Gasteiger partial charge in [-0.1, -0.05) is 24.3 Å². The molecule has 0 heterocycles. The largest absolute Gasteiger partial charge is 0.496 e. The monoisotopic (exact) mass is 316 g/mol. The van der Waals surface area contributed by atoms with Gasteiger partial charge in [-0.15, -0.1) is 0 Å². The van der Waals surface area contributed by atoms with Gasteiger partial charge in [0.05, 0.1) is 23.6 Å². The van der Waals surface area contributed by atoms with Gasteiger partial charge in [0.25, 0.3) is 0 Å². The number of para-hydroxylation sites is 1. The predicted molar refractivity (Wildman–Crippen MR) is 82.9 cm³/mol. The molecular formula is C16H16N2O3S. The van der Waals surface area contributed by atoms with Crippen LogP contribution in [-0.2, 0) is 10.0 Å². The van der Waals surface area contributed by atoms with Gasteiger partial charge in [0.15, 0.2) is 0 Å². The number of nitrogens with zero attached hydrogens (tertiary/aromatic N) is 1. The molecule has 1 N–H and O–H groups in total. The van der Waals surface area contributed by atoms with Crippen molar-refractivity contribution in [2.75, 3.05) is 7.11 Å². The van der Waals surface area contributed by atoms with Crippen LogP contribution in [0.25, 0.3) is 0 Å². The van der Waals surface area contributed by atoms with Crippen LogP contribution >= 0.6 is 0 Å². The Kier molecular flexibility index (Phi) is 4.81. The molecule has 1 atom stereocenters. The van der Waals surface area contributed by atoms with Crippen molar-refractivity contribution in [1.82, 2.24) is 4.72 Å². The number of ether oxygens (including phenoxy) is 1. The summed E-state index contributed by atoms with van der Waals surface area (Å²) < 4.78 is 32.7. The SMILES string of the molecule is COc1ccccc1[C@H](C)NS(=O)(=O)c1cccc(C#N)c1. The molecule has 0 saturated heterocycles. The van der Waals surface area contributed by atoms with Crippen molar-refractivity contribution in [2.24, 2.45) is 0 Å². The van der Waals surface area contributed by atoms with E-state index in [1.807, 2.05) is 18.2 Å². The lowest BCUT2D eigenvalue weighted by molar-refractivity contribution is 0.405. The average molecular weight is 316 g/mol. The van der Waals surface area contributed by atoms with E-state index in [0.717, 1.165) is 5.56 Å². The van der Waals surface area contributed by atoms with Gasteiger partial charge in [0.1, 0.15) is 5.75 Å². The first-order chi connectivity index (χ1) is 10.5. The summed E-state index contributed by atoms with van der Waals surface area (Å²) in [5, 5.41) is 8.87. The fraction of sp³-hybridized carbons (Fsp3) is 0.188. The van der Waals surface area contributed by atoms with Gasteiger partial charge < -0.3 is 4.74 Å². The van der Waals surface area contributed by atoms with E-state index >= 15 is 0 Å². The third kappa shape index (κ3) is 3.45. The fourth-order valence-electron chi connectivity index (χ4n) is 2.12. The van der Waals surface area contributed by atoms with Crippen LogP contribution in [-0.4, -0.2) is 15.5 Å². The molecule has 0 radical (unpaired) electrons. The molecule has 2 aromatic carbocycles. The highest BCUT2D eigenvalue weighted by Gasteiger charge is 2.20. The van der Waals surface area contributed by atoms with Gasteiger partial charge >= 0.3 is 0 Å². The van der Waals surface area contributed by atoms with Crippen LogP contribution in [0.3, 0.4) is 0 Å². The maximum atomic E-state index is 12.4. The van der Waals surface area contributed by atoms with Crippen LogP contribution in [0.2, 0.25) is 0 Å². The summed E-state index contributed by atoms with van der Waals surface area (Å²) >= 11 is 0. The Morgan fingerprint density at radius 1 is 1.18 bits per heavy atom. The molecule has 2 aromatic rings. The standard InChI is InChI=1S/C16H16N2O3S/c1-12(15-8-3-4-9-16(15)21-2)18-22(19,20)14-7-5-6-13(10-14)11-17/h3-10,12,18H,1-2H3/t12-/m0/s1. The van der Waals surface area contributed by atoms with Crippen molar-refractivity contribution < 1.29 is 13.2 Å². The Balaban J connectivity index is 2.30. The predicted octanol–water partition coefficient (Wildman–Crippen LogP) is 2.61. The van der Waals surface area contributed by atoms with Crippen molar-refractivity contribution in [3.63, 3.8) is 0 Å². The minimum atomic E-state index is -3.72. The molecule has 22 heavy (non-hydrogen) atoms. The van der Waals surface area contributed by atoms with Gasteiger partial charge in [-0.25, -0.2) is 13.1 Å². The molecule has 114 valence electrons. The van der Waals surface area contributed by atoms with Crippen LogP contribution in [0.5, 0.6) is 5.75 Å². The lowest BCUT2D eigenvalue weighted by atomic mass is 10.1. The first-order valence-electron chi connectivity index (χ1n) is 6.63. The zero-order valence-electron chi connectivity index (χ0n) is 12.3. The molecule has 0 fully saturated rings. The van der Waals surface area contributed by atoms with Gasteiger partial charge in [0.2, 0.25) is 10.0 Å². The zero-order valence-corrected chi connectivity index (χ0v) is 13.1. The maximum absolute atomic E-state index is 12.4. The van der Waals surface area contributed by atoms with Crippen LogP contribution in [0.4, 0.5) is 0 Å². The quantitative estimate of drug-likeness (QED) is 0.919. The summed E-state index contributed by atoms with van der Waals surface area (Å²) in [6.07, 6.45) is 0. The molecule has 0 aliphatic carbocycles. The number of methoxy groups -OCH3 is 1. The Hall–Kier alpha value is -2.36. The molecule has 0 aliphatic heterocycles. The van der Waals surface area contributed by atoms with Crippen molar-refractivity contribution >= 4 is 10.0 Å². The topological polar surface area (TPSA) is 79.2 Å². The highest BCUT2D eigenvalue weighted by Crippen LogP contribution is 2.25. The second kappa shape index (κ2) is 6.60. The third-order valence-corrected chi connectivity index (χ3v) is 4.75. The molecular weight excluding hydrogens is 300 g/mol. The molecule has 6 heteroatoms. The first-order valence-corrected chi connectivity index (χ1v) is 8.11. The summed E-state index contributed by atoms with van der Waals surface area (Å²) in [5.74, 6) is 0.614. The molecule has 5 nitrogen and oxygen atoms in total. The van der Waals surface area contributed by atoms with Crippen LogP contribution in [0.1, 0.15) is 24.1 Å². The van der Waals surface area contributed by atoms with E-state index in [2.05, 4.69) is 4.72 Å². The van der Waals surface area contributed by atoms with E-state index < -0.39 is 16.1 Å².